The third-order valence-electron chi connectivity index (χ3n) is 5.98. The fraction of sp³-hybridized carbons (Fsp3) is 0.933. The molecule has 1 unspecified atom stereocenters. The predicted octanol–water partition coefficient (Wildman–Crippen LogP) is 3.40. The third-order valence-corrected chi connectivity index (χ3v) is 5.98. The smallest absolute Gasteiger partial charge is 0.309 e. The van der Waals surface area contributed by atoms with Crippen molar-refractivity contribution in [1.29, 1.82) is 0 Å². The van der Waals surface area contributed by atoms with Gasteiger partial charge < -0.3 is 4.74 Å². The number of rotatable bonds is 0. The quantitative estimate of drug-likeness (QED) is 0.602. The molecule has 3 fully saturated rings. The molecule has 0 spiro atoms. The van der Waals surface area contributed by atoms with E-state index in [1.165, 1.54) is 32.1 Å². The monoisotopic (exact) mass is 236 g/mol. The van der Waals surface area contributed by atoms with Crippen LogP contribution in [0.1, 0.15) is 52.9 Å². The minimum Gasteiger partial charge on any atom is -0.465 e. The van der Waals surface area contributed by atoms with Gasteiger partial charge in [-0.05, 0) is 42.4 Å². The van der Waals surface area contributed by atoms with Crippen molar-refractivity contribution in [2.45, 2.75) is 52.9 Å². The summed E-state index contributed by atoms with van der Waals surface area (Å²) < 4.78 is 5.34. The number of ether oxygens (including phenoxy) is 1. The second-order valence-corrected chi connectivity index (χ2v) is 7.35. The Balaban J connectivity index is 1.99. The molecule has 1 aliphatic heterocycles. The van der Waals surface area contributed by atoms with Crippen molar-refractivity contribution in [1.82, 2.24) is 0 Å². The molecule has 4 atom stereocenters. The molecule has 2 nitrogen and oxygen atoms in total. The van der Waals surface area contributed by atoms with Crippen LogP contribution in [0.5, 0.6) is 0 Å². The summed E-state index contributed by atoms with van der Waals surface area (Å²) in [5.41, 5.74) is 0.610. The first-order valence-corrected chi connectivity index (χ1v) is 7.12. The van der Waals surface area contributed by atoms with Crippen LogP contribution in [-0.4, -0.2) is 12.6 Å². The number of carbonyl (C=O) groups excluding carboxylic acids is 1. The molecule has 3 rings (SSSR count). The fourth-order valence-electron chi connectivity index (χ4n) is 5.26. The van der Waals surface area contributed by atoms with Crippen LogP contribution in [0.4, 0.5) is 0 Å². The van der Waals surface area contributed by atoms with Crippen molar-refractivity contribution in [2.75, 3.05) is 6.61 Å². The van der Waals surface area contributed by atoms with Gasteiger partial charge in [0.25, 0.3) is 0 Å². The molecule has 0 bridgehead atoms. The molecule has 3 aliphatic rings. The Morgan fingerprint density at radius 2 is 1.94 bits per heavy atom. The van der Waals surface area contributed by atoms with Crippen LogP contribution in [0.3, 0.4) is 0 Å². The third kappa shape index (κ3) is 1.49. The first-order chi connectivity index (χ1) is 7.95. The molecule has 0 aromatic carbocycles. The van der Waals surface area contributed by atoms with Gasteiger partial charge in [-0.1, -0.05) is 27.2 Å². The topological polar surface area (TPSA) is 26.3 Å². The average Bonchev–Trinajstić information content (AvgIpc) is 2.60. The lowest BCUT2D eigenvalue weighted by atomic mass is 9.47. The van der Waals surface area contributed by atoms with Gasteiger partial charge in [0.2, 0.25) is 0 Å². The molecule has 2 saturated carbocycles. The number of carbonyl (C=O) groups is 1. The molecule has 2 aliphatic carbocycles. The van der Waals surface area contributed by atoms with Crippen LogP contribution in [0.25, 0.3) is 0 Å². The Labute approximate surface area is 104 Å². The van der Waals surface area contributed by atoms with Crippen molar-refractivity contribution in [2.24, 2.45) is 28.6 Å². The molecular formula is C15H24O2. The van der Waals surface area contributed by atoms with E-state index in [4.69, 9.17) is 4.74 Å². The van der Waals surface area contributed by atoms with E-state index in [0.29, 0.717) is 23.9 Å². The molecule has 96 valence electrons. The van der Waals surface area contributed by atoms with Crippen molar-refractivity contribution >= 4 is 5.97 Å². The Morgan fingerprint density at radius 3 is 2.71 bits per heavy atom. The molecule has 0 N–H and O–H groups in total. The van der Waals surface area contributed by atoms with E-state index in [0.717, 1.165) is 0 Å². The van der Waals surface area contributed by atoms with E-state index < -0.39 is 0 Å². The lowest BCUT2D eigenvalue weighted by Gasteiger charge is -2.56. The molecule has 17 heavy (non-hydrogen) atoms. The van der Waals surface area contributed by atoms with Gasteiger partial charge in [0.15, 0.2) is 0 Å². The Morgan fingerprint density at radius 1 is 1.18 bits per heavy atom. The predicted molar refractivity (Wildman–Crippen MR) is 66.4 cm³/mol. The summed E-state index contributed by atoms with van der Waals surface area (Å²) in [5, 5.41) is 0. The largest absolute Gasteiger partial charge is 0.465 e. The highest BCUT2D eigenvalue weighted by Crippen LogP contribution is 2.62. The van der Waals surface area contributed by atoms with Gasteiger partial charge in [-0.25, -0.2) is 0 Å². The number of esters is 1. The molecule has 0 amide bonds. The van der Waals surface area contributed by atoms with Crippen LogP contribution >= 0.6 is 0 Å². The van der Waals surface area contributed by atoms with E-state index in [1.54, 1.807) is 0 Å². The second kappa shape index (κ2) is 3.49. The number of fused-ring (bicyclic) bond motifs is 3. The van der Waals surface area contributed by atoms with Gasteiger partial charge in [-0.15, -0.1) is 0 Å². The maximum Gasteiger partial charge on any atom is 0.309 e. The first kappa shape index (κ1) is 11.6. The Kier molecular flexibility index (Phi) is 2.37. The van der Waals surface area contributed by atoms with E-state index in [2.05, 4.69) is 20.8 Å². The van der Waals surface area contributed by atoms with Crippen molar-refractivity contribution in [3.8, 4) is 0 Å². The lowest BCUT2D eigenvalue weighted by Crippen LogP contribution is -2.52. The molecule has 0 aromatic rings. The molecular weight excluding hydrogens is 212 g/mol. The zero-order valence-electron chi connectivity index (χ0n) is 11.3. The summed E-state index contributed by atoms with van der Waals surface area (Å²) in [6.07, 6.45) is 6.30. The van der Waals surface area contributed by atoms with Crippen molar-refractivity contribution in [3.05, 3.63) is 0 Å². The highest BCUT2D eigenvalue weighted by molar-refractivity contribution is 5.76. The normalized spacial score (nSPS) is 48.2. The summed E-state index contributed by atoms with van der Waals surface area (Å²) in [6, 6.07) is 0. The highest BCUT2D eigenvalue weighted by atomic mass is 16.5. The van der Waals surface area contributed by atoms with E-state index in [9.17, 15) is 4.79 Å². The summed E-state index contributed by atoms with van der Waals surface area (Å²) in [4.78, 5) is 12.1. The minimum absolute atomic E-state index is 0.0971. The Bertz CT molecular complexity index is 347. The zero-order valence-corrected chi connectivity index (χ0v) is 11.3. The maximum atomic E-state index is 12.1. The van der Waals surface area contributed by atoms with Crippen LogP contribution in [0.15, 0.2) is 0 Å². The van der Waals surface area contributed by atoms with E-state index in [-0.39, 0.29) is 17.3 Å². The molecule has 2 heteroatoms. The van der Waals surface area contributed by atoms with Gasteiger partial charge in [-0.2, -0.15) is 0 Å². The summed E-state index contributed by atoms with van der Waals surface area (Å²) in [5.74, 6) is 1.51. The standard InChI is InChI=1S/C15H24O2/c1-14(2)7-4-8-15(3)11(14)6-5-10-9-17-13(16)12(10)15/h10-12H,4-9H2,1-3H3/t10?,11-,12+,15-/m0/s1. The molecule has 0 radical (unpaired) electrons. The van der Waals surface area contributed by atoms with Gasteiger partial charge in [0, 0.05) is 5.92 Å². The second-order valence-electron chi connectivity index (χ2n) is 7.35. The first-order valence-electron chi connectivity index (χ1n) is 7.12. The van der Waals surface area contributed by atoms with Crippen LogP contribution < -0.4 is 0 Å². The maximum absolute atomic E-state index is 12.1. The number of hydrogen-bond donors (Lipinski definition) is 0. The lowest BCUT2D eigenvalue weighted by molar-refractivity contribution is -0.152. The summed E-state index contributed by atoms with van der Waals surface area (Å²) >= 11 is 0. The molecule has 1 saturated heterocycles. The van der Waals surface area contributed by atoms with Gasteiger partial charge >= 0.3 is 5.97 Å². The average molecular weight is 236 g/mol. The number of cyclic esters (lactones) is 1. The van der Waals surface area contributed by atoms with Crippen LogP contribution in [0.2, 0.25) is 0 Å². The van der Waals surface area contributed by atoms with Crippen molar-refractivity contribution < 1.29 is 9.53 Å². The summed E-state index contributed by atoms with van der Waals surface area (Å²) in [7, 11) is 0. The van der Waals surface area contributed by atoms with E-state index in [1.807, 2.05) is 0 Å². The van der Waals surface area contributed by atoms with Gasteiger partial charge in [0.05, 0.1) is 12.5 Å². The van der Waals surface area contributed by atoms with Gasteiger partial charge in [0.1, 0.15) is 0 Å². The van der Waals surface area contributed by atoms with Gasteiger partial charge in [-0.3, -0.25) is 4.79 Å². The van der Waals surface area contributed by atoms with Crippen LogP contribution in [0, 0.1) is 28.6 Å². The fourth-order valence-corrected chi connectivity index (χ4v) is 5.26. The number of hydrogen-bond acceptors (Lipinski definition) is 2. The van der Waals surface area contributed by atoms with Crippen LogP contribution in [-0.2, 0) is 9.53 Å². The zero-order chi connectivity index (χ0) is 12.3. The Hall–Kier alpha value is -0.530. The highest BCUT2D eigenvalue weighted by Gasteiger charge is 2.59. The van der Waals surface area contributed by atoms with E-state index >= 15 is 0 Å². The molecule has 0 aromatic heterocycles. The molecule has 1 heterocycles. The summed E-state index contributed by atoms with van der Waals surface area (Å²) in [6.45, 7) is 7.85. The minimum atomic E-state index is 0.0971. The SMILES string of the molecule is CC1(C)CCC[C@]2(C)[C@H]3C(=O)OCC3CC[C@@H]12. The van der Waals surface area contributed by atoms with Crippen molar-refractivity contribution in [3.63, 3.8) is 0 Å².